The van der Waals surface area contributed by atoms with Crippen LogP contribution in [0.1, 0.15) is 26.7 Å². The summed E-state index contributed by atoms with van der Waals surface area (Å²) in [6.07, 6.45) is 3.34. The summed E-state index contributed by atoms with van der Waals surface area (Å²) in [5.41, 5.74) is -0.467. The zero-order valence-corrected chi connectivity index (χ0v) is 11.1. The maximum atomic E-state index is 11.1. The van der Waals surface area contributed by atoms with E-state index in [1.54, 1.807) is 0 Å². The molecule has 0 spiro atoms. The van der Waals surface area contributed by atoms with Crippen molar-refractivity contribution in [1.82, 2.24) is 10.0 Å². The van der Waals surface area contributed by atoms with E-state index in [-0.39, 0.29) is 0 Å². The maximum Gasteiger partial charge on any atom is 0.209 e. The van der Waals surface area contributed by atoms with Crippen molar-refractivity contribution >= 4 is 10.0 Å². The van der Waals surface area contributed by atoms with Gasteiger partial charge in [0.05, 0.1) is 12.9 Å². The van der Waals surface area contributed by atoms with Gasteiger partial charge in [0.1, 0.15) is 0 Å². The van der Waals surface area contributed by atoms with Gasteiger partial charge in [-0.2, -0.15) is 0 Å². The molecule has 0 radical (unpaired) electrons. The van der Waals surface area contributed by atoms with E-state index < -0.39 is 15.6 Å². The number of hydrogen-bond donors (Lipinski definition) is 2. The van der Waals surface area contributed by atoms with Gasteiger partial charge in [0, 0.05) is 24.7 Å². The van der Waals surface area contributed by atoms with Crippen LogP contribution in [0.15, 0.2) is 0 Å². The van der Waals surface area contributed by atoms with E-state index in [1.165, 1.54) is 6.26 Å². The molecule has 1 aliphatic heterocycles. The van der Waals surface area contributed by atoms with Crippen LogP contribution in [0.5, 0.6) is 0 Å². The molecular formula is C10H22N2O3S. The van der Waals surface area contributed by atoms with E-state index in [0.717, 1.165) is 26.1 Å². The molecule has 0 bridgehead atoms. The lowest BCUT2D eigenvalue weighted by Gasteiger charge is -2.30. The maximum absolute atomic E-state index is 11.1. The third-order valence-electron chi connectivity index (χ3n) is 2.45. The predicted molar refractivity (Wildman–Crippen MR) is 63.9 cm³/mol. The first-order valence-corrected chi connectivity index (χ1v) is 7.48. The average molecular weight is 250 g/mol. The Morgan fingerprint density at radius 2 is 2.12 bits per heavy atom. The molecule has 0 aliphatic carbocycles. The number of ether oxygens (including phenoxy) is 1. The number of sulfonamides is 1. The van der Waals surface area contributed by atoms with Crippen molar-refractivity contribution in [3.63, 3.8) is 0 Å². The first-order valence-electron chi connectivity index (χ1n) is 5.59. The smallest absolute Gasteiger partial charge is 0.209 e. The summed E-state index contributed by atoms with van der Waals surface area (Å²) in [6, 6.07) is 0.342. The summed E-state index contributed by atoms with van der Waals surface area (Å²) < 4.78 is 30.2. The fourth-order valence-corrected chi connectivity index (χ4v) is 2.92. The van der Waals surface area contributed by atoms with Crippen LogP contribution in [0.25, 0.3) is 0 Å². The second-order valence-electron chi connectivity index (χ2n) is 5.05. The van der Waals surface area contributed by atoms with Crippen LogP contribution in [-0.2, 0) is 14.8 Å². The minimum atomic E-state index is -3.16. The van der Waals surface area contributed by atoms with Gasteiger partial charge in [0.2, 0.25) is 10.0 Å². The molecule has 0 amide bonds. The minimum absolute atomic E-state index is 0.342. The Bertz CT molecular complexity index is 308. The average Bonchev–Trinajstić information content (AvgIpc) is 2.13. The van der Waals surface area contributed by atoms with E-state index >= 15 is 0 Å². The molecule has 0 aromatic heterocycles. The van der Waals surface area contributed by atoms with Crippen LogP contribution in [0.4, 0.5) is 0 Å². The topological polar surface area (TPSA) is 67.4 Å². The highest BCUT2D eigenvalue weighted by Crippen LogP contribution is 2.08. The standard InChI is InChI=1S/C10H22N2O3S/c1-10(2,12-16(3,13)14)8-11-9-5-4-6-15-7-9/h9,11-12H,4-8H2,1-3H3. The van der Waals surface area contributed by atoms with Gasteiger partial charge in [-0.1, -0.05) is 0 Å². The zero-order valence-electron chi connectivity index (χ0n) is 10.2. The van der Waals surface area contributed by atoms with Crippen LogP contribution in [0.3, 0.4) is 0 Å². The van der Waals surface area contributed by atoms with Crippen molar-refractivity contribution in [3.8, 4) is 0 Å². The van der Waals surface area contributed by atoms with Crippen LogP contribution >= 0.6 is 0 Å². The number of nitrogens with one attached hydrogen (secondary N) is 2. The largest absolute Gasteiger partial charge is 0.380 e. The van der Waals surface area contributed by atoms with E-state index in [0.29, 0.717) is 12.6 Å². The van der Waals surface area contributed by atoms with Crippen molar-refractivity contribution in [2.24, 2.45) is 0 Å². The Balaban J connectivity index is 2.34. The molecule has 1 atom stereocenters. The minimum Gasteiger partial charge on any atom is -0.380 e. The molecule has 0 saturated carbocycles. The summed E-state index contributed by atoms with van der Waals surface area (Å²) in [7, 11) is -3.16. The highest BCUT2D eigenvalue weighted by Gasteiger charge is 2.23. The molecule has 0 aromatic carbocycles. The summed E-state index contributed by atoms with van der Waals surface area (Å²) in [5.74, 6) is 0. The first kappa shape index (κ1) is 13.9. The van der Waals surface area contributed by atoms with E-state index in [2.05, 4.69) is 10.0 Å². The Morgan fingerprint density at radius 1 is 1.44 bits per heavy atom. The third-order valence-corrected chi connectivity index (χ3v) is 3.38. The Hall–Kier alpha value is -0.170. The van der Waals surface area contributed by atoms with Gasteiger partial charge in [0.25, 0.3) is 0 Å². The van der Waals surface area contributed by atoms with Crippen molar-refractivity contribution < 1.29 is 13.2 Å². The normalized spacial score (nSPS) is 23.3. The van der Waals surface area contributed by atoms with Crippen LogP contribution < -0.4 is 10.0 Å². The molecule has 1 aliphatic rings. The van der Waals surface area contributed by atoms with E-state index in [1.807, 2.05) is 13.8 Å². The summed E-state index contributed by atoms with van der Waals surface area (Å²) in [5, 5.41) is 3.33. The van der Waals surface area contributed by atoms with E-state index in [4.69, 9.17) is 4.74 Å². The Morgan fingerprint density at radius 3 is 2.62 bits per heavy atom. The molecule has 1 unspecified atom stereocenters. The van der Waals surface area contributed by atoms with Gasteiger partial charge in [-0.05, 0) is 26.7 Å². The highest BCUT2D eigenvalue weighted by molar-refractivity contribution is 7.88. The lowest BCUT2D eigenvalue weighted by atomic mass is 10.1. The second kappa shape index (κ2) is 5.44. The van der Waals surface area contributed by atoms with Crippen molar-refractivity contribution in [2.45, 2.75) is 38.3 Å². The van der Waals surface area contributed by atoms with Gasteiger partial charge >= 0.3 is 0 Å². The summed E-state index contributed by atoms with van der Waals surface area (Å²) in [4.78, 5) is 0. The SMILES string of the molecule is CC(C)(CNC1CCCOC1)NS(C)(=O)=O. The molecule has 1 heterocycles. The van der Waals surface area contributed by atoms with Crippen molar-refractivity contribution in [3.05, 3.63) is 0 Å². The fourth-order valence-electron chi connectivity index (χ4n) is 1.84. The monoisotopic (exact) mass is 250 g/mol. The Labute approximate surface area is 98.0 Å². The number of hydrogen-bond acceptors (Lipinski definition) is 4. The molecule has 16 heavy (non-hydrogen) atoms. The summed E-state index contributed by atoms with van der Waals surface area (Å²) >= 11 is 0. The lowest BCUT2D eigenvalue weighted by Crippen LogP contribution is -2.52. The zero-order chi connectivity index (χ0) is 12.2. The molecule has 2 N–H and O–H groups in total. The van der Waals surface area contributed by atoms with Gasteiger partial charge in [-0.3, -0.25) is 0 Å². The third kappa shape index (κ3) is 5.79. The molecular weight excluding hydrogens is 228 g/mol. The van der Waals surface area contributed by atoms with Crippen molar-refractivity contribution in [2.75, 3.05) is 26.0 Å². The molecule has 1 fully saturated rings. The van der Waals surface area contributed by atoms with Gasteiger partial charge in [0.15, 0.2) is 0 Å². The number of rotatable bonds is 5. The highest BCUT2D eigenvalue weighted by atomic mass is 32.2. The Kier molecular flexibility index (Phi) is 4.73. The molecule has 1 rings (SSSR count). The lowest BCUT2D eigenvalue weighted by molar-refractivity contribution is 0.0687. The molecule has 6 heteroatoms. The quantitative estimate of drug-likeness (QED) is 0.725. The second-order valence-corrected chi connectivity index (χ2v) is 6.80. The summed E-state index contributed by atoms with van der Waals surface area (Å²) in [6.45, 7) is 5.89. The molecule has 0 aromatic rings. The molecule has 1 saturated heterocycles. The van der Waals surface area contributed by atoms with E-state index in [9.17, 15) is 8.42 Å². The van der Waals surface area contributed by atoms with Gasteiger partial charge in [-0.15, -0.1) is 0 Å². The van der Waals surface area contributed by atoms with Crippen molar-refractivity contribution in [1.29, 1.82) is 0 Å². The van der Waals surface area contributed by atoms with Gasteiger partial charge in [-0.25, -0.2) is 13.1 Å². The van der Waals surface area contributed by atoms with Gasteiger partial charge < -0.3 is 10.1 Å². The molecule has 96 valence electrons. The first-order chi connectivity index (χ1) is 7.29. The van der Waals surface area contributed by atoms with Crippen LogP contribution in [0.2, 0.25) is 0 Å². The predicted octanol–water partition coefficient (Wildman–Crippen LogP) is 0.0828. The fraction of sp³-hybridized carbons (Fsp3) is 1.00. The van der Waals surface area contributed by atoms with Crippen LogP contribution in [-0.4, -0.2) is 46.0 Å². The van der Waals surface area contributed by atoms with Crippen LogP contribution in [0, 0.1) is 0 Å². The molecule has 5 nitrogen and oxygen atoms in total.